The molecule has 2 aliphatic heterocycles. The van der Waals surface area contributed by atoms with Crippen molar-refractivity contribution in [1.82, 2.24) is 24.2 Å². The Bertz CT molecular complexity index is 994. The Hall–Kier alpha value is -2.87. The average Bonchev–Trinajstić information content (AvgIpc) is 3.34. The quantitative estimate of drug-likeness (QED) is 0.720. The molecule has 5 rings (SSSR count). The van der Waals surface area contributed by atoms with Crippen LogP contribution in [0.15, 0.2) is 30.3 Å². The zero-order chi connectivity index (χ0) is 19.6. The van der Waals surface area contributed by atoms with E-state index in [0.717, 1.165) is 50.2 Å². The van der Waals surface area contributed by atoms with Crippen molar-refractivity contribution in [1.29, 1.82) is 0 Å². The number of hydrogen-bond acceptors (Lipinski definition) is 5. The fourth-order valence-electron chi connectivity index (χ4n) is 4.17. The molecule has 0 spiro atoms. The Morgan fingerprint density at radius 3 is 2.79 bits per heavy atom. The Kier molecular flexibility index (Phi) is 4.93. The smallest absolute Gasteiger partial charge is 0.278 e. The first-order chi connectivity index (χ1) is 14.3. The number of aromatic nitrogens is 4. The maximum absolute atomic E-state index is 12.9. The van der Waals surface area contributed by atoms with Crippen molar-refractivity contribution in [3.63, 3.8) is 0 Å². The van der Waals surface area contributed by atoms with Crippen LogP contribution in [0.5, 0.6) is 5.88 Å². The van der Waals surface area contributed by atoms with E-state index in [1.807, 2.05) is 18.2 Å². The molecule has 0 saturated carbocycles. The third-order valence-electron chi connectivity index (χ3n) is 5.71. The SMILES string of the molecule is O=C(Nc1nc2ccccc2n1CCN1CCCCC1)c1cc2n(n1)CCCO2. The minimum atomic E-state index is -0.259. The molecule has 1 fully saturated rings. The molecule has 0 unspecified atom stereocenters. The number of aryl methyl sites for hydroxylation is 1. The summed E-state index contributed by atoms with van der Waals surface area (Å²) in [6.07, 6.45) is 4.76. The lowest BCUT2D eigenvalue weighted by atomic mass is 10.1. The first-order valence-electron chi connectivity index (χ1n) is 10.5. The van der Waals surface area contributed by atoms with Gasteiger partial charge in [-0.1, -0.05) is 18.6 Å². The number of carbonyl (C=O) groups is 1. The number of ether oxygens (including phenoxy) is 1. The van der Waals surface area contributed by atoms with Gasteiger partial charge >= 0.3 is 0 Å². The number of fused-ring (bicyclic) bond motifs is 2. The predicted octanol–water partition coefficient (Wildman–Crippen LogP) is 2.75. The van der Waals surface area contributed by atoms with E-state index in [-0.39, 0.29) is 5.91 Å². The van der Waals surface area contributed by atoms with Gasteiger partial charge in [-0.25, -0.2) is 9.67 Å². The van der Waals surface area contributed by atoms with Crippen LogP contribution in [-0.4, -0.2) is 56.4 Å². The number of amides is 1. The van der Waals surface area contributed by atoms with Crippen molar-refractivity contribution < 1.29 is 9.53 Å². The second-order valence-corrected chi connectivity index (χ2v) is 7.73. The van der Waals surface area contributed by atoms with E-state index >= 15 is 0 Å². The molecule has 1 N–H and O–H groups in total. The van der Waals surface area contributed by atoms with Crippen LogP contribution in [0, 0.1) is 0 Å². The van der Waals surface area contributed by atoms with Gasteiger partial charge in [0.15, 0.2) is 5.69 Å². The topological polar surface area (TPSA) is 77.2 Å². The van der Waals surface area contributed by atoms with Crippen molar-refractivity contribution >= 4 is 22.9 Å². The van der Waals surface area contributed by atoms with Crippen molar-refractivity contribution in [2.24, 2.45) is 0 Å². The van der Waals surface area contributed by atoms with E-state index in [9.17, 15) is 4.79 Å². The van der Waals surface area contributed by atoms with Gasteiger partial charge < -0.3 is 14.2 Å². The summed E-state index contributed by atoms with van der Waals surface area (Å²) in [6, 6.07) is 9.71. The molecule has 0 aliphatic carbocycles. The number of rotatable bonds is 5. The molecular weight excluding hydrogens is 368 g/mol. The van der Waals surface area contributed by atoms with Gasteiger partial charge in [0.25, 0.3) is 5.91 Å². The maximum atomic E-state index is 12.9. The number of para-hydroxylation sites is 2. The highest BCUT2D eigenvalue weighted by Gasteiger charge is 2.21. The average molecular weight is 394 g/mol. The minimum absolute atomic E-state index is 0.259. The zero-order valence-electron chi connectivity index (χ0n) is 16.5. The molecule has 3 aromatic rings. The summed E-state index contributed by atoms with van der Waals surface area (Å²) in [6.45, 7) is 5.48. The normalized spacial score (nSPS) is 17.1. The molecule has 29 heavy (non-hydrogen) atoms. The molecule has 1 amide bonds. The molecule has 2 aliphatic rings. The van der Waals surface area contributed by atoms with Crippen LogP contribution in [0.4, 0.5) is 5.95 Å². The second-order valence-electron chi connectivity index (χ2n) is 7.73. The first-order valence-corrected chi connectivity index (χ1v) is 10.5. The molecule has 0 bridgehead atoms. The monoisotopic (exact) mass is 394 g/mol. The fourth-order valence-corrected chi connectivity index (χ4v) is 4.17. The lowest BCUT2D eigenvalue weighted by molar-refractivity contribution is 0.102. The number of benzene rings is 1. The number of carbonyl (C=O) groups excluding carboxylic acids is 1. The summed E-state index contributed by atoms with van der Waals surface area (Å²) in [7, 11) is 0. The summed E-state index contributed by atoms with van der Waals surface area (Å²) in [5.74, 6) is 0.963. The van der Waals surface area contributed by atoms with Gasteiger partial charge in [0.1, 0.15) is 0 Å². The van der Waals surface area contributed by atoms with Gasteiger partial charge in [-0.15, -0.1) is 0 Å². The molecular formula is C21H26N6O2. The molecule has 0 radical (unpaired) electrons. The fraction of sp³-hybridized carbons (Fsp3) is 0.476. The number of piperidine rings is 1. The second kappa shape index (κ2) is 7.87. The molecule has 0 atom stereocenters. The number of nitrogens with one attached hydrogen (secondary N) is 1. The molecule has 8 heteroatoms. The van der Waals surface area contributed by atoms with Crippen molar-refractivity contribution in [3.8, 4) is 5.88 Å². The summed E-state index contributed by atoms with van der Waals surface area (Å²) in [5.41, 5.74) is 2.28. The van der Waals surface area contributed by atoms with Gasteiger partial charge in [-0.3, -0.25) is 10.1 Å². The Morgan fingerprint density at radius 1 is 1.07 bits per heavy atom. The van der Waals surface area contributed by atoms with E-state index < -0.39 is 0 Å². The van der Waals surface area contributed by atoms with Gasteiger partial charge in [-0.2, -0.15) is 5.10 Å². The van der Waals surface area contributed by atoms with Crippen LogP contribution >= 0.6 is 0 Å². The highest BCUT2D eigenvalue weighted by Crippen LogP contribution is 2.22. The Balaban J connectivity index is 1.38. The Morgan fingerprint density at radius 2 is 1.93 bits per heavy atom. The van der Waals surface area contributed by atoms with Gasteiger partial charge in [0, 0.05) is 32.1 Å². The summed E-state index contributed by atoms with van der Waals surface area (Å²) in [4.78, 5) is 20.0. The van der Waals surface area contributed by atoms with Crippen LogP contribution in [0.1, 0.15) is 36.2 Å². The standard InChI is InChI=1S/C21H26N6O2/c28-20(17-15-19-27(24-17)11-6-14-29-19)23-21-22-16-7-2-3-8-18(16)26(21)13-12-25-9-4-1-5-10-25/h2-3,7-8,15H,1,4-6,9-14H2,(H,22,23,28). The summed E-state index contributed by atoms with van der Waals surface area (Å²) in [5, 5.41) is 7.36. The van der Waals surface area contributed by atoms with Crippen LogP contribution in [0.2, 0.25) is 0 Å². The number of likely N-dealkylation sites (tertiary alicyclic amines) is 1. The maximum Gasteiger partial charge on any atom is 0.278 e. The third-order valence-corrected chi connectivity index (χ3v) is 5.71. The lowest BCUT2D eigenvalue weighted by Crippen LogP contribution is -2.32. The molecule has 1 aromatic carbocycles. The van der Waals surface area contributed by atoms with Gasteiger partial charge in [0.05, 0.1) is 17.6 Å². The van der Waals surface area contributed by atoms with E-state index in [0.29, 0.717) is 24.1 Å². The molecule has 152 valence electrons. The summed E-state index contributed by atoms with van der Waals surface area (Å²) < 4.78 is 9.43. The molecule has 1 saturated heterocycles. The zero-order valence-corrected chi connectivity index (χ0v) is 16.5. The van der Waals surface area contributed by atoms with E-state index in [1.54, 1.807) is 10.7 Å². The highest BCUT2D eigenvalue weighted by molar-refractivity contribution is 6.03. The van der Waals surface area contributed by atoms with Crippen molar-refractivity contribution in [2.75, 3.05) is 31.6 Å². The number of imidazole rings is 1. The first kappa shape index (κ1) is 18.2. The number of hydrogen-bond donors (Lipinski definition) is 1. The van der Waals surface area contributed by atoms with Crippen molar-refractivity contribution in [2.45, 2.75) is 38.8 Å². The van der Waals surface area contributed by atoms with Crippen LogP contribution < -0.4 is 10.1 Å². The lowest BCUT2D eigenvalue weighted by Gasteiger charge is -2.26. The molecule has 2 aromatic heterocycles. The minimum Gasteiger partial charge on any atom is -0.478 e. The van der Waals surface area contributed by atoms with Crippen molar-refractivity contribution in [3.05, 3.63) is 36.0 Å². The van der Waals surface area contributed by atoms with Gasteiger partial charge in [0.2, 0.25) is 11.8 Å². The van der Waals surface area contributed by atoms with E-state index in [2.05, 4.69) is 30.9 Å². The van der Waals surface area contributed by atoms with E-state index in [4.69, 9.17) is 4.74 Å². The molecule has 4 heterocycles. The highest BCUT2D eigenvalue weighted by atomic mass is 16.5. The Labute approximate surface area is 169 Å². The van der Waals surface area contributed by atoms with Gasteiger partial charge in [-0.05, 0) is 38.1 Å². The number of nitrogens with zero attached hydrogens (tertiary/aromatic N) is 5. The number of anilines is 1. The largest absolute Gasteiger partial charge is 0.478 e. The van der Waals surface area contributed by atoms with E-state index in [1.165, 1.54) is 19.3 Å². The van der Waals surface area contributed by atoms with Crippen LogP contribution in [0.3, 0.4) is 0 Å². The van der Waals surface area contributed by atoms with Crippen LogP contribution in [-0.2, 0) is 13.1 Å². The third kappa shape index (κ3) is 3.72. The molecule has 8 nitrogen and oxygen atoms in total. The summed E-state index contributed by atoms with van der Waals surface area (Å²) >= 11 is 0. The predicted molar refractivity (Wildman–Crippen MR) is 110 cm³/mol. The van der Waals surface area contributed by atoms with Crippen LogP contribution in [0.25, 0.3) is 11.0 Å².